The molecule has 2 aromatic carbocycles. The summed E-state index contributed by atoms with van der Waals surface area (Å²) in [6.45, 7) is 5.22. The topological polar surface area (TPSA) is 85.8 Å². The zero-order valence-corrected chi connectivity index (χ0v) is 20.1. The lowest BCUT2D eigenvalue weighted by molar-refractivity contribution is 0.0171. The van der Waals surface area contributed by atoms with Crippen LogP contribution in [0.5, 0.6) is 5.75 Å². The predicted molar refractivity (Wildman–Crippen MR) is 130 cm³/mol. The molecule has 36 heavy (non-hydrogen) atoms. The van der Waals surface area contributed by atoms with Gasteiger partial charge >= 0.3 is 0 Å². The molecule has 2 atom stereocenters. The number of benzene rings is 2. The molecule has 1 fully saturated rings. The standard InChI is InChI=1S/C24H20F3N5O2.C2H6/c1-24(26,27)12-4-5-13-20(7-12)34-19-3-2-6-31(21(13)19)23(33)14-8-17-16(9-15(14)25)30-22(28)18-10-29-11-32(17)18;1-2/h4-5,7-11,19,21H,2-3,6H2,1H3,(H2,28,30);1-2H3/t19-,21-;/m0./s1. The minimum atomic E-state index is -3.01. The number of amides is 1. The number of ether oxygens (including phenoxy) is 1. The Balaban J connectivity index is 0.00000130. The van der Waals surface area contributed by atoms with E-state index in [1.165, 1.54) is 30.6 Å². The first kappa shape index (κ1) is 23.9. The Bertz CT molecular complexity index is 1480. The van der Waals surface area contributed by atoms with Crippen molar-refractivity contribution in [2.45, 2.75) is 51.7 Å². The van der Waals surface area contributed by atoms with E-state index in [2.05, 4.69) is 9.97 Å². The highest BCUT2D eigenvalue weighted by Gasteiger charge is 2.44. The second kappa shape index (κ2) is 8.69. The molecule has 0 spiro atoms. The zero-order chi connectivity index (χ0) is 25.8. The predicted octanol–water partition coefficient (Wildman–Crippen LogP) is 5.48. The summed E-state index contributed by atoms with van der Waals surface area (Å²) in [7, 11) is 0. The summed E-state index contributed by atoms with van der Waals surface area (Å²) in [5.74, 6) is -3.68. The molecule has 0 saturated carbocycles. The van der Waals surface area contributed by atoms with E-state index >= 15 is 4.39 Å². The minimum Gasteiger partial charge on any atom is -0.488 e. The first-order chi connectivity index (χ1) is 17.2. The third-order valence-corrected chi connectivity index (χ3v) is 6.65. The molecule has 0 unspecified atom stereocenters. The monoisotopic (exact) mass is 497 g/mol. The molecular weight excluding hydrogens is 471 g/mol. The Morgan fingerprint density at radius 3 is 2.72 bits per heavy atom. The van der Waals surface area contributed by atoms with Crippen LogP contribution in [0.25, 0.3) is 16.6 Å². The van der Waals surface area contributed by atoms with E-state index in [0.29, 0.717) is 47.2 Å². The number of piperidine rings is 1. The second-order valence-electron chi connectivity index (χ2n) is 8.85. The highest BCUT2D eigenvalue weighted by molar-refractivity contribution is 5.99. The Labute approximate surface area is 205 Å². The maximum Gasteiger partial charge on any atom is 0.270 e. The van der Waals surface area contributed by atoms with Crippen LogP contribution in [0.1, 0.15) is 61.1 Å². The van der Waals surface area contributed by atoms with Crippen LogP contribution in [0.15, 0.2) is 42.9 Å². The van der Waals surface area contributed by atoms with Crippen molar-refractivity contribution in [2.24, 2.45) is 0 Å². The van der Waals surface area contributed by atoms with Crippen LogP contribution in [0.4, 0.5) is 19.0 Å². The van der Waals surface area contributed by atoms with Gasteiger partial charge in [-0.3, -0.25) is 9.20 Å². The molecule has 2 aromatic heterocycles. The normalized spacial score (nSPS) is 18.9. The molecule has 6 rings (SSSR count). The molecule has 1 amide bonds. The number of anilines is 1. The van der Waals surface area contributed by atoms with Crippen molar-refractivity contribution < 1.29 is 22.7 Å². The van der Waals surface area contributed by atoms with Gasteiger partial charge in [0.25, 0.3) is 11.8 Å². The number of aromatic nitrogens is 3. The van der Waals surface area contributed by atoms with E-state index < -0.39 is 23.7 Å². The number of carbonyl (C=O) groups excluding carboxylic acids is 1. The number of alkyl halides is 2. The van der Waals surface area contributed by atoms with Crippen LogP contribution in [0.3, 0.4) is 0 Å². The number of nitrogens with two attached hydrogens (primary N) is 1. The Hall–Kier alpha value is -3.82. The van der Waals surface area contributed by atoms with Crippen molar-refractivity contribution in [3.63, 3.8) is 0 Å². The minimum absolute atomic E-state index is 0.111. The molecule has 4 heterocycles. The van der Waals surface area contributed by atoms with Gasteiger partial charge in [-0.25, -0.2) is 23.1 Å². The summed E-state index contributed by atoms with van der Waals surface area (Å²) in [6.07, 6.45) is 4.01. The number of likely N-dealkylation sites (tertiary alicyclic amines) is 1. The molecular formula is C26H26F3N5O2. The lowest BCUT2D eigenvalue weighted by atomic mass is 9.92. The Morgan fingerprint density at radius 2 is 1.97 bits per heavy atom. The van der Waals surface area contributed by atoms with Gasteiger partial charge in [0.15, 0.2) is 0 Å². The Kier molecular flexibility index (Phi) is 5.77. The number of nitrogen functional groups attached to an aromatic ring is 1. The van der Waals surface area contributed by atoms with Gasteiger partial charge in [0.05, 0.1) is 35.2 Å². The molecule has 0 radical (unpaired) electrons. The maximum atomic E-state index is 15.1. The number of carbonyl (C=O) groups is 1. The summed E-state index contributed by atoms with van der Waals surface area (Å²) < 4.78 is 50.4. The van der Waals surface area contributed by atoms with Gasteiger partial charge in [-0.1, -0.05) is 26.0 Å². The number of nitrogens with zero attached hydrogens (tertiary/aromatic N) is 4. The molecule has 10 heteroatoms. The van der Waals surface area contributed by atoms with Gasteiger partial charge in [-0.15, -0.1) is 0 Å². The summed E-state index contributed by atoms with van der Waals surface area (Å²) in [4.78, 5) is 23.5. The molecule has 2 aliphatic heterocycles. The fourth-order valence-electron chi connectivity index (χ4n) is 5.01. The van der Waals surface area contributed by atoms with Gasteiger partial charge in [-0.2, -0.15) is 0 Å². The molecule has 4 aromatic rings. The average molecular weight is 498 g/mol. The summed E-state index contributed by atoms with van der Waals surface area (Å²) in [5, 5.41) is 0. The SMILES string of the molecule is CC.CC(F)(F)c1ccc2c(c1)O[C@H]1CCCN(C(=O)c3cc4c(cc3F)nc(N)c3cncn34)[C@@H]21. The molecule has 0 bridgehead atoms. The number of fused-ring (bicyclic) bond motifs is 6. The van der Waals surface area contributed by atoms with Crippen molar-refractivity contribution in [3.05, 3.63) is 65.4 Å². The largest absolute Gasteiger partial charge is 0.488 e. The van der Waals surface area contributed by atoms with E-state index in [9.17, 15) is 13.6 Å². The summed E-state index contributed by atoms with van der Waals surface area (Å²) in [6, 6.07) is 6.42. The number of hydrogen-bond donors (Lipinski definition) is 1. The van der Waals surface area contributed by atoms with E-state index in [1.54, 1.807) is 21.6 Å². The van der Waals surface area contributed by atoms with E-state index in [1.807, 2.05) is 13.8 Å². The number of rotatable bonds is 2. The highest BCUT2D eigenvalue weighted by Crippen LogP contribution is 2.46. The fourth-order valence-corrected chi connectivity index (χ4v) is 5.01. The maximum absolute atomic E-state index is 15.1. The first-order valence-electron chi connectivity index (χ1n) is 11.9. The van der Waals surface area contributed by atoms with E-state index in [0.717, 1.165) is 6.92 Å². The van der Waals surface area contributed by atoms with Gasteiger partial charge in [0, 0.05) is 30.7 Å². The fraction of sp³-hybridized carbons (Fsp3) is 0.346. The van der Waals surface area contributed by atoms with E-state index in [4.69, 9.17) is 10.5 Å². The van der Waals surface area contributed by atoms with Crippen LogP contribution < -0.4 is 10.5 Å². The van der Waals surface area contributed by atoms with Gasteiger partial charge in [0.1, 0.15) is 29.0 Å². The van der Waals surface area contributed by atoms with Crippen LogP contribution in [-0.4, -0.2) is 37.8 Å². The van der Waals surface area contributed by atoms with Crippen molar-refractivity contribution >= 4 is 28.3 Å². The van der Waals surface area contributed by atoms with Gasteiger partial charge in [-0.05, 0) is 25.0 Å². The third kappa shape index (κ3) is 3.71. The van der Waals surface area contributed by atoms with Gasteiger partial charge < -0.3 is 15.4 Å². The molecule has 7 nitrogen and oxygen atoms in total. The van der Waals surface area contributed by atoms with Crippen molar-refractivity contribution in [3.8, 4) is 5.75 Å². The van der Waals surface area contributed by atoms with Crippen LogP contribution in [0, 0.1) is 5.82 Å². The molecule has 2 N–H and O–H groups in total. The van der Waals surface area contributed by atoms with Crippen LogP contribution in [-0.2, 0) is 5.92 Å². The smallest absolute Gasteiger partial charge is 0.270 e. The average Bonchev–Trinajstić information content (AvgIpc) is 3.49. The van der Waals surface area contributed by atoms with Gasteiger partial charge in [0.2, 0.25) is 0 Å². The Morgan fingerprint density at radius 1 is 1.19 bits per heavy atom. The van der Waals surface area contributed by atoms with Crippen molar-refractivity contribution in [1.29, 1.82) is 0 Å². The van der Waals surface area contributed by atoms with Crippen molar-refractivity contribution in [2.75, 3.05) is 12.3 Å². The van der Waals surface area contributed by atoms with Crippen LogP contribution >= 0.6 is 0 Å². The third-order valence-electron chi connectivity index (χ3n) is 6.65. The second-order valence-corrected chi connectivity index (χ2v) is 8.85. The quantitative estimate of drug-likeness (QED) is 0.396. The molecule has 2 aliphatic rings. The first-order valence-corrected chi connectivity index (χ1v) is 11.9. The summed E-state index contributed by atoms with van der Waals surface area (Å²) >= 11 is 0. The zero-order valence-electron chi connectivity index (χ0n) is 20.1. The number of imidazole rings is 1. The molecule has 0 aliphatic carbocycles. The highest BCUT2D eigenvalue weighted by atomic mass is 19.3. The molecule has 1 saturated heterocycles. The number of hydrogen-bond acceptors (Lipinski definition) is 5. The van der Waals surface area contributed by atoms with Crippen molar-refractivity contribution in [1.82, 2.24) is 19.3 Å². The lowest BCUT2D eigenvalue weighted by Gasteiger charge is -2.36. The van der Waals surface area contributed by atoms with E-state index in [-0.39, 0.29) is 23.0 Å². The molecule has 188 valence electrons. The number of halogens is 3. The van der Waals surface area contributed by atoms with Crippen LogP contribution in [0.2, 0.25) is 0 Å². The summed E-state index contributed by atoms with van der Waals surface area (Å²) in [5.41, 5.74) is 7.68. The lowest BCUT2D eigenvalue weighted by Crippen LogP contribution is -2.44.